The number of aliphatic hydroxyl groups excluding tert-OH is 1. The number of halogens is 1. The Morgan fingerprint density at radius 1 is 1.00 bits per heavy atom. The van der Waals surface area contributed by atoms with Gasteiger partial charge in [-0.25, -0.2) is 3.11 Å². The molecule has 3 aromatic rings. The van der Waals surface area contributed by atoms with Crippen molar-refractivity contribution in [3.8, 4) is 34.3 Å². The molecule has 0 saturated heterocycles. The molecule has 10 heteroatoms. The lowest BCUT2D eigenvalue weighted by Gasteiger charge is -2.18. The summed E-state index contributed by atoms with van der Waals surface area (Å²) in [7, 11) is 3.03. The summed E-state index contributed by atoms with van der Waals surface area (Å²) < 4.78 is 25.5. The fourth-order valence-corrected chi connectivity index (χ4v) is 5.13. The van der Waals surface area contributed by atoms with E-state index in [2.05, 4.69) is 22.9 Å². The predicted octanol–water partition coefficient (Wildman–Crippen LogP) is 2.99. The zero-order valence-electron chi connectivity index (χ0n) is 18.7. The molecule has 2 aliphatic rings. The van der Waals surface area contributed by atoms with Gasteiger partial charge in [0.2, 0.25) is 6.79 Å². The Hall–Kier alpha value is -2.83. The Labute approximate surface area is 209 Å². The summed E-state index contributed by atoms with van der Waals surface area (Å²) in [5, 5.41) is 10.1. The SMILES string of the molecule is COc1cc2c3c(n(CCCN(I)CCO)c(=O)c2cc1OC)-c1cc2c(cc1C3=O)OCO2. The van der Waals surface area contributed by atoms with Crippen LogP contribution in [0.5, 0.6) is 23.0 Å². The highest BCUT2D eigenvalue weighted by Crippen LogP contribution is 2.46. The largest absolute Gasteiger partial charge is 0.493 e. The average molecular weight is 578 g/mol. The maximum atomic E-state index is 13.8. The average Bonchev–Trinajstić information content (AvgIpc) is 3.41. The van der Waals surface area contributed by atoms with Crippen molar-refractivity contribution in [2.24, 2.45) is 0 Å². The fourth-order valence-electron chi connectivity index (χ4n) is 4.58. The molecule has 2 heterocycles. The number of aromatic nitrogens is 1. The summed E-state index contributed by atoms with van der Waals surface area (Å²) >= 11 is 2.16. The number of rotatable bonds is 8. The van der Waals surface area contributed by atoms with Crippen LogP contribution < -0.4 is 24.5 Å². The number of hydrogen-bond donors (Lipinski definition) is 1. The first kappa shape index (κ1) is 22.9. The number of fused-ring (bicyclic) bond motifs is 6. The summed E-state index contributed by atoms with van der Waals surface area (Å²) in [5.74, 6) is 1.75. The zero-order valence-corrected chi connectivity index (χ0v) is 20.9. The third kappa shape index (κ3) is 3.60. The Bertz CT molecular complexity index is 1370. The first-order valence-electron chi connectivity index (χ1n) is 10.8. The van der Waals surface area contributed by atoms with Crippen LogP contribution in [0.3, 0.4) is 0 Å². The maximum Gasteiger partial charge on any atom is 0.259 e. The second-order valence-corrected chi connectivity index (χ2v) is 9.36. The third-order valence-corrected chi connectivity index (χ3v) is 7.10. The summed E-state index contributed by atoms with van der Waals surface area (Å²) in [4.78, 5) is 27.4. The van der Waals surface area contributed by atoms with Crippen LogP contribution in [-0.4, -0.2) is 59.3 Å². The lowest BCUT2D eigenvalue weighted by Crippen LogP contribution is -2.26. The maximum absolute atomic E-state index is 13.8. The molecule has 0 fully saturated rings. The van der Waals surface area contributed by atoms with E-state index in [9.17, 15) is 9.59 Å². The molecule has 1 N–H and O–H groups in total. The molecule has 1 aliphatic heterocycles. The molecule has 0 bridgehead atoms. The number of nitrogens with zero attached hydrogens (tertiary/aromatic N) is 2. The summed E-state index contributed by atoms with van der Waals surface area (Å²) in [6.45, 7) is 1.76. The number of ketones is 1. The second-order valence-electron chi connectivity index (χ2n) is 8.00. The van der Waals surface area contributed by atoms with Crippen LogP contribution in [0.2, 0.25) is 0 Å². The van der Waals surface area contributed by atoms with Crippen LogP contribution in [0.15, 0.2) is 29.1 Å². The molecule has 1 aromatic heterocycles. The monoisotopic (exact) mass is 578 g/mol. The molecule has 178 valence electrons. The lowest BCUT2D eigenvalue weighted by atomic mass is 10.0. The van der Waals surface area contributed by atoms with E-state index in [0.717, 1.165) is 0 Å². The van der Waals surface area contributed by atoms with Crippen LogP contribution in [0.1, 0.15) is 22.3 Å². The standard InChI is InChI=1S/C24H23IN2O7/c1-31-17-8-13-16(11-18(17)32-2)24(30)27(5-3-4-26(25)6-7-28)22-14-9-19-20(34-12-33-19)10-15(14)23(29)21(13)22/h8-11,28H,3-7,12H2,1-2H3. The highest BCUT2D eigenvalue weighted by Gasteiger charge is 2.35. The van der Waals surface area contributed by atoms with Gasteiger partial charge in [-0.3, -0.25) is 9.59 Å². The van der Waals surface area contributed by atoms with E-state index in [4.69, 9.17) is 24.1 Å². The molecule has 0 radical (unpaired) electrons. The Kier molecular flexibility index (Phi) is 6.13. The molecule has 9 nitrogen and oxygen atoms in total. The smallest absolute Gasteiger partial charge is 0.259 e. The highest BCUT2D eigenvalue weighted by atomic mass is 127. The number of methoxy groups -OCH3 is 2. The van der Waals surface area contributed by atoms with E-state index < -0.39 is 0 Å². The summed E-state index contributed by atoms with van der Waals surface area (Å²) in [6, 6.07) is 6.79. The van der Waals surface area contributed by atoms with Gasteiger partial charge in [0.05, 0.1) is 37.5 Å². The normalized spacial score (nSPS) is 13.5. The van der Waals surface area contributed by atoms with E-state index in [-0.39, 0.29) is 24.7 Å². The number of ether oxygens (including phenoxy) is 4. The fraction of sp³-hybridized carbons (Fsp3) is 0.333. The number of carbonyl (C=O) groups is 1. The zero-order chi connectivity index (χ0) is 24.0. The van der Waals surface area contributed by atoms with Crippen LogP contribution in [0.25, 0.3) is 22.0 Å². The van der Waals surface area contributed by atoms with Crippen molar-refractivity contribution >= 4 is 39.4 Å². The van der Waals surface area contributed by atoms with Crippen LogP contribution in [0, 0.1) is 0 Å². The molecular formula is C24H23IN2O7. The van der Waals surface area contributed by atoms with E-state index in [1.807, 2.05) is 3.11 Å². The van der Waals surface area contributed by atoms with Crippen molar-refractivity contribution in [1.29, 1.82) is 0 Å². The topological polar surface area (TPSA) is 99.5 Å². The molecule has 5 rings (SSSR count). The first-order valence-corrected chi connectivity index (χ1v) is 11.8. The third-order valence-electron chi connectivity index (χ3n) is 6.14. The summed E-state index contributed by atoms with van der Waals surface area (Å²) in [5.41, 5.74) is 1.95. The van der Waals surface area contributed by atoms with Crippen molar-refractivity contribution in [3.63, 3.8) is 0 Å². The van der Waals surface area contributed by atoms with E-state index in [0.29, 0.717) is 82.2 Å². The minimum absolute atomic E-state index is 0.0605. The van der Waals surface area contributed by atoms with Gasteiger partial charge in [0.15, 0.2) is 28.8 Å². The van der Waals surface area contributed by atoms with Gasteiger partial charge in [-0.15, -0.1) is 0 Å². The van der Waals surface area contributed by atoms with E-state index in [1.165, 1.54) is 14.2 Å². The minimum atomic E-state index is -0.213. The van der Waals surface area contributed by atoms with Crippen LogP contribution in [0.4, 0.5) is 0 Å². The van der Waals surface area contributed by atoms with Gasteiger partial charge in [-0.05, 0) is 30.7 Å². The summed E-state index contributed by atoms with van der Waals surface area (Å²) in [6.07, 6.45) is 0.655. The molecule has 0 saturated carbocycles. The highest BCUT2D eigenvalue weighted by molar-refractivity contribution is 14.1. The van der Waals surface area contributed by atoms with Crippen LogP contribution in [-0.2, 0) is 6.54 Å². The van der Waals surface area contributed by atoms with Crippen molar-refractivity contribution in [1.82, 2.24) is 7.68 Å². The number of carbonyl (C=O) groups excluding carboxylic acids is 1. The molecule has 2 aromatic carbocycles. The molecule has 0 spiro atoms. The molecule has 1 aliphatic carbocycles. The minimum Gasteiger partial charge on any atom is -0.493 e. The quantitative estimate of drug-likeness (QED) is 0.252. The Morgan fingerprint density at radius 2 is 1.65 bits per heavy atom. The van der Waals surface area contributed by atoms with E-state index >= 15 is 0 Å². The lowest BCUT2D eigenvalue weighted by molar-refractivity contribution is 0.104. The van der Waals surface area contributed by atoms with E-state index in [1.54, 1.807) is 28.8 Å². The Balaban J connectivity index is 1.73. The van der Waals surface area contributed by atoms with Gasteiger partial charge >= 0.3 is 0 Å². The van der Waals surface area contributed by atoms with Gasteiger partial charge < -0.3 is 28.6 Å². The Morgan fingerprint density at radius 3 is 2.29 bits per heavy atom. The molecule has 0 unspecified atom stereocenters. The second kappa shape index (κ2) is 9.08. The molecule has 0 amide bonds. The number of benzene rings is 2. The van der Waals surface area contributed by atoms with Crippen LogP contribution >= 0.6 is 22.9 Å². The van der Waals surface area contributed by atoms with Gasteiger partial charge in [-0.1, -0.05) is 0 Å². The van der Waals surface area contributed by atoms with Gasteiger partial charge in [0.25, 0.3) is 5.56 Å². The van der Waals surface area contributed by atoms with Crippen molar-refractivity contribution in [2.75, 3.05) is 40.7 Å². The number of hydrogen-bond acceptors (Lipinski definition) is 8. The van der Waals surface area contributed by atoms with Gasteiger partial charge in [-0.2, -0.15) is 0 Å². The molecule has 34 heavy (non-hydrogen) atoms. The van der Waals surface area contributed by atoms with Crippen molar-refractivity contribution < 1.29 is 28.8 Å². The van der Waals surface area contributed by atoms with Gasteiger partial charge in [0.1, 0.15) is 0 Å². The molecular weight excluding hydrogens is 555 g/mol. The first-order chi connectivity index (χ1) is 16.5. The van der Waals surface area contributed by atoms with Crippen molar-refractivity contribution in [2.45, 2.75) is 13.0 Å². The molecule has 0 atom stereocenters. The van der Waals surface area contributed by atoms with Gasteiger partial charge in [0, 0.05) is 59.0 Å². The predicted molar refractivity (Wildman–Crippen MR) is 134 cm³/mol. The van der Waals surface area contributed by atoms with Crippen molar-refractivity contribution in [3.05, 3.63) is 45.7 Å². The number of pyridine rings is 1. The number of aliphatic hydroxyl groups is 1.